The third-order valence-corrected chi connectivity index (χ3v) is 11.9. The molecular weight excluding hydrogens is 1120 g/mol. The lowest BCUT2D eigenvalue weighted by molar-refractivity contribution is -0.118. The quantitative estimate of drug-likeness (QED) is 0.0243. The van der Waals surface area contributed by atoms with Crippen LogP contribution in [0.25, 0.3) is 24.3 Å². The number of rotatable bonds is 16. The van der Waals surface area contributed by atoms with E-state index in [9.17, 15) is 60.0 Å². The van der Waals surface area contributed by atoms with Gasteiger partial charge in [-0.05, 0) is 117 Å². The Balaban J connectivity index is 0.000000214. The van der Waals surface area contributed by atoms with Crippen molar-refractivity contribution in [2.75, 3.05) is 0 Å². The van der Waals surface area contributed by atoms with Gasteiger partial charge in [-0.2, -0.15) is 21.0 Å². The van der Waals surface area contributed by atoms with Crippen LogP contribution in [0.1, 0.15) is 44.5 Å². The highest BCUT2D eigenvalue weighted by molar-refractivity contribution is 6.03. The molecule has 0 fully saturated rings. The molecule has 20 heteroatoms. The van der Waals surface area contributed by atoms with E-state index in [0.717, 1.165) is 22.3 Å². The molecule has 12 N–H and O–H groups in total. The van der Waals surface area contributed by atoms with Crippen LogP contribution in [-0.4, -0.2) is 64.5 Å². The molecule has 20 nitrogen and oxygen atoms in total. The first kappa shape index (κ1) is 65.8. The largest absolute Gasteiger partial charge is 0.504 e. The summed E-state index contributed by atoms with van der Waals surface area (Å²) in [6.45, 7) is 1.28. The summed E-state index contributed by atoms with van der Waals surface area (Å²) >= 11 is 0. The van der Waals surface area contributed by atoms with Crippen molar-refractivity contribution in [1.29, 1.82) is 21.0 Å². The Hall–Kier alpha value is -13.0. The molecule has 0 spiro atoms. The van der Waals surface area contributed by atoms with Crippen LogP contribution in [0.15, 0.2) is 216 Å². The lowest BCUT2D eigenvalue weighted by atomic mass is 10.1. The molecule has 0 saturated carbocycles. The number of nitrogens with zero attached hydrogens (tertiary/aromatic N) is 4. The number of carbonyl (C=O) groups excluding carboxylic acids is 4. The van der Waals surface area contributed by atoms with Crippen LogP contribution in [0.4, 0.5) is 0 Å². The first-order chi connectivity index (χ1) is 42.4. The number of aromatic hydroxyl groups is 8. The average molecular weight is 1180 g/mol. The predicted molar refractivity (Wildman–Crippen MR) is 327 cm³/mol. The highest BCUT2D eigenvalue weighted by Crippen LogP contribution is 2.29. The molecule has 0 aliphatic carbocycles. The molecule has 0 atom stereocenters. The van der Waals surface area contributed by atoms with Crippen molar-refractivity contribution >= 4 is 47.9 Å². The number of benzene rings is 8. The zero-order valence-corrected chi connectivity index (χ0v) is 46.6. The number of carbonyl (C=O) groups is 4. The van der Waals surface area contributed by atoms with Crippen molar-refractivity contribution in [3.8, 4) is 70.3 Å². The number of amides is 4. The van der Waals surface area contributed by atoms with Gasteiger partial charge in [0.15, 0.2) is 46.0 Å². The lowest BCUT2D eigenvalue weighted by Gasteiger charge is -2.05. The second-order valence-corrected chi connectivity index (χ2v) is 18.3. The number of phenolic OH excluding ortho intramolecular Hbond substituents is 8. The van der Waals surface area contributed by atoms with E-state index in [-0.39, 0.29) is 68.3 Å². The Kier molecular flexibility index (Phi) is 25.7. The molecular formula is C68H56N8O12. The molecule has 88 heavy (non-hydrogen) atoms. The Labute approximate surface area is 505 Å². The maximum absolute atomic E-state index is 12.0. The van der Waals surface area contributed by atoms with E-state index in [1.807, 2.05) is 146 Å². The average Bonchev–Trinajstić information content (AvgIpc) is 3.66. The smallest absolute Gasteiger partial charge is 0.262 e. The molecule has 8 rings (SSSR count). The fraction of sp³-hybridized carbons (Fsp3) is 0.0588. The van der Waals surface area contributed by atoms with Gasteiger partial charge in [0.2, 0.25) is 0 Å². The van der Waals surface area contributed by atoms with Gasteiger partial charge >= 0.3 is 0 Å². The third-order valence-electron chi connectivity index (χ3n) is 11.9. The Morgan fingerprint density at radius 3 is 0.625 bits per heavy atom. The molecule has 0 heterocycles. The second-order valence-electron chi connectivity index (χ2n) is 18.3. The molecule has 0 aromatic heterocycles. The van der Waals surface area contributed by atoms with Gasteiger partial charge < -0.3 is 62.1 Å². The molecule has 0 radical (unpaired) electrons. The summed E-state index contributed by atoms with van der Waals surface area (Å²) in [7, 11) is 0. The summed E-state index contributed by atoms with van der Waals surface area (Å²) in [5.41, 5.74) is 5.16. The maximum Gasteiger partial charge on any atom is 0.262 e. The van der Waals surface area contributed by atoms with Gasteiger partial charge in [0.25, 0.3) is 23.6 Å². The molecule has 0 aliphatic rings. The molecule has 8 aromatic carbocycles. The summed E-state index contributed by atoms with van der Waals surface area (Å²) in [6, 6.07) is 60.9. The van der Waals surface area contributed by atoms with E-state index in [2.05, 4.69) is 21.3 Å². The topological polar surface area (TPSA) is 373 Å². The molecule has 440 valence electrons. The van der Waals surface area contributed by atoms with Crippen LogP contribution >= 0.6 is 0 Å². The maximum atomic E-state index is 12.0. The number of hydrogen-bond donors (Lipinski definition) is 12. The van der Waals surface area contributed by atoms with E-state index >= 15 is 0 Å². The second kappa shape index (κ2) is 34.4. The van der Waals surface area contributed by atoms with Gasteiger partial charge in [-0.1, -0.05) is 146 Å². The fourth-order valence-electron chi connectivity index (χ4n) is 7.28. The fourth-order valence-corrected chi connectivity index (χ4v) is 7.28. The van der Waals surface area contributed by atoms with E-state index in [0.29, 0.717) is 48.4 Å². The summed E-state index contributed by atoms with van der Waals surface area (Å²) in [6.07, 6.45) is 5.39. The normalized spacial score (nSPS) is 10.8. The number of nitrogens with one attached hydrogen (secondary N) is 4. The van der Waals surface area contributed by atoms with Crippen molar-refractivity contribution < 1.29 is 60.0 Å². The molecule has 0 unspecified atom stereocenters. The monoisotopic (exact) mass is 1180 g/mol. The molecule has 0 saturated heterocycles. The van der Waals surface area contributed by atoms with Gasteiger partial charge in [0.1, 0.15) is 46.6 Å². The third kappa shape index (κ3) is 22.0. The first-order valence-corrected chi connectivity index (χ1v) is 26.2. The van der Waals surface area contributed by atoms with E-state index in [1.54, 1.807) is 0 Å². The molecule has 8 aromatic rings. The minimum absolute atomic E-state index is 0.0824. The van der Waals surface area contributed by atoms with Crippen molar-refractivity contribution in [2.24, 2.45) is 0 Å². The van der Waals surface area contributed by atoms with Crippen molar-refractivity contribution in [2.45, 2.75) is 26.2 Å². The van der Waals surface area contributed by atoms with Gasteiger partial charge in [-0.15, -0.1) is 0 Å². The van der Waals surface area contributed by atoms with Crippen LogP contribution in [0, 0.1) is 45.3 Å². The van der Waals surface area contributed by atoms with E-state index in [1.165, 1.54) is 97.1 Å². The predicted octanol–water partition coefficient (Wildman–Crippen LogP) is 9.28. The van der Waals surface area contributed by atoms with Gasteiger partial charge in [-0.3, -0.25) is 19.2 Å². The van der Waals surface area contributed by atoms with Crippen LogP contribution in [-0.2, 0) is 45.4 Å². The lowest BCUT2D eigenvalue weighted by Crippen LogP contribution is -2.23. The minimum atomic E-state index is -0.501. The standard InChI is InChI=1S/4C17H14N2O3/c4*18-10-14(8-13-6-7-15(20)16(21)9-13)17(22)19-11-12-4-2-1-3-5-12/h4*1-9,20-21H,11H2,(H,19,22)/b4*14-8+. The molecule has 0 aliphatic heterocycles. The summed E-state index contributed by atoms with van der Waals surface area (Å²) in [5, 5.41) is 122. The molecule has 0 bridgehead atoms. The zero-order valence-electron chi connectivity index (χ0n) is 46.6. The summed E-state index contributed by atoms with van der Waals surface area (Å²) in [4.78, 5) is 48.0. The van der Waals surface area contributed by atoms with E-state index in [4.69, 9.17) is 21.0 Å². The summed E-state index contributed by atoms with van der Waals surface area (Å²) in [5.74, 6) is -4.28. The SMILES string of the molecule is N#C/C(=C\c1ccc(O)c(O)c1)C(=O)NCc1ccccc1.N#C/C(=C\c1ccc(O)c(O)c1)C(=O)NCc1ccccc1.N#C/C(=C\c1ccc(O)c(O)c1)C(=O)NCc1ccccc1.N#C/C(=C\c1ccc(O)c(O)c1)C(=O)NCc1ccccc1. The number of nitriles is 4. The number of phenols is 8. The zero-order chi connectivity index (χ0) is 63.8. The van der Waals surface area contributed by atoms with E-state index < -0.39 is 23.6 Å². The highest BCUT2D eigenvalue weighted by atomic mass is 16.3. The Morgan fingerprint density at radius 2 is 0.466 bits per heavy atom. The van der Waals surface area contributed by atoms with Crippen LogP contribution in [0.2, 0.25) is 0 Å². The van der Waals surface area contributed by atoms with Crippen LogP contribution < -0.4 is 21.3 Å². The van der Waals surface area contributed by atoms with Crippen LogP contribution in [0.5, 0.6) is 46.0 Å². The van der Waals surface area contributed by atoms with Gasteiger partial charge in [0, 0.05) is 26.2 Å². The Bertz CT molecular complexity index is 3510. The first-order valence-electron chi connectivity index (χ1n) is 26.2. The van der Waals surface area contributed by atoms with Gasteiger partial charge in [-0.25, -0.2) is 0 Å². The van der Waals surface area contributed by atoms with Crippen molar-refractivity contribution in [3.05, 3.63) is 261 Å². The minimum Gasteiger partial charge on any atom is -0.504 e. The number of hydrogen-bond acceptors (Lipinski definition) is 16. The van der Waals surface area contributed by atoms with Crippen molar-refractivity contribution in [1.82, 2.24) is 21.3 Å². The Morgan fingerprint density at radius 1 is 0.284 bits per heavy atom. The van der Waals surface area contributed by atoms with Gasteiger partial charge in [0.05, 0.1) is 0 Å². The summed E-state index contributed by atoms with van der Waals surface area (Å²) < 4.78 is 0. The highest BCUT2D eigenvalue weighted by Gasteiger charge is 2.14. The molecule has 4 amide bonds. The van der Waals surface area contributed by atoms with Crippen LogP contribution in [0.3, 0.4) is 0 Å². The van der Waals surface area contributed by atoms with Crippen molar-refractivity contribution in [3.63, 3.8) is 0 Å².